The van der Waals surface area contributed by atoms with Gasteiger partial charge in [0.15, 0.2) is 0 Å². The summed E-state index contributed by atoms with van der Waals surface area (Å²) in [4.78, 5) is 6.61. The van der Waals surface area contributed by atoms with Gasteiger partial charge in [-0.2, -0.15) is 0 Å². The van der Waals surface area contributed by atoms with Crippen LogP contribution in [0.5, 0.6) is 5.75 Å². The summed E-state index contributed by atoms with van der Waals surface area (Å²) in [7, 11) is 0. The summed E-state index contributed by atoms with van der Waals surface area (Å²) >= 11 is 0. The second-order valence-corrected chi connectivity index (χ2v) is 7.70. The zero-order valence-corrected chi connectivity index (χ0v) is 16.2. The monoisotopic (exact) mass is 360 g/mol. The molecule has 1 aliphatic heterocycles. The smallest absolute Gasteiger partial charge is 0.202 e. The minimum absolute atomic E-state index is 0.0899. The van der Waals surface area contributed by atoms with Crippen molar-refractivity contribution in [2.24, 2.45) is 0 Å². The van der Waals surface area contributed by atoms with Crippen molar-refractivity contribution in [1.29, 1.82) is 0 Å². The van der Waals surface area contributed by atoms with Crippen LogP contribution in [0.25, 0.3) is 10.9 Å². The molecule has 0 amide bonds. The Labute approximate surface area is 160 Å². The SMILES string of the molecule is Cc1cc(C)c(NC2CCN(c3cc4ncccc4cc3[O])CC2)c(C)c1. The van der Waals surface area contributed by atoms with Crippen molar-refractivity contribution in [3.63, 3.8) is 0 Å². The van der Waals surface area contributed by atoms with Gasteiger partial charge in [-0.3, -0.25) is 10.1 Å². The summed E-state index contributed by atoms with van der Waals surface area (Å²) in [5.41, 5.74) is 6.84. The van der Waals surface area contributed by atoms with Crippen molar-refractivity contribution < 1.29 is 5.11 Å². The minimum atomic E-state index is 0.0899. The highest BCUT2D eigenvalue weighted by Gasteiger charge is 2.23. The van der Waals surface area contributed by atoms with Gasteiger partial charge in [0.05, 0.1) is 11.2 Å². The van der Waals surface area contributed by atoms with Crippen LogP contribution in [-0.4, -0.2) is 24.1 Å². The Morgan fingerprint density at radius 2 is 1.74 bits per heavy atom. The van der Waals surface area contributed by atoms with E-state index in [1.807, 2.05) is 18.2 Å². The first-order valence-corrected chi connectivity index (χ1v) is 9.66. The van der Waals surface area contributed by atoms with Crippen molar-refractivity contribution in [3.05, 3.63) is 59.3 Å². The number of nitrogens with zero attached hydrogens (tertiary/aromatic N) is 2. The van der Waals surface area contributed by atoms with E-state index in [0.29, 0.717) is 6.04 Å². The number of hydrogen-bond acceptors (Lipinski definition) is 3. The molecule has 1 saturated heterocycles. The molecule has 0 bridgehead atoms. The van der Waals surface area contributed by atoms with E-state index in [2.05, 4.69) is 48.1 Å². The number of anilines is 2. The van der Waals surface area contributed by atoms with E-state index in [1.165, 1.54) is 22.4 Å². The molecule has 4 heteroatoms. The molecule has 0 spiro atoms. The van der Waals surface area contributed by atoms with Crippen molar-refractivity contribution in [2.75, 3.05) is 23.3 Å². The zero-order chi connectivity index (χ0) is 19.0. The molecular formula is C23H26N3O. The average molecular weight is 360 g/mol. The molecule has 2 aromatic carbocycles. The molecule has 139 valence electrons. The highest BCUT2D eigenvalue weighted by Crippen LogP contribution is 2.34. The number of benzene rings is 2. The fourth-order valence-electron chi connectivity index (χ4n) is 4.21. The molecule has 1 radical (unpaired) electrons. The van der Waals surface area contributed by atoms with E-state index >= 15 is 0 Å². The van der Waals surface area contributed by atoms with E-state index in [1.54, 1.807) is 12.3 Å². The van der Waals surface area contributed by atoms with E-state index in [9.17, 15) is 5.11 Å². The first kappa shape index (κ1) is 17.7. The third kappa shape index (κ3) is 3.57. The predicted molar refractivity (Wildman–Crippen MR) is 111 cm³/mol. The summed E-state index contributed by atoms with van der Waals surface area (Å²) in [6, 6.07) is 12.4. The number of piperidine rings is 1. The van der Waals surface area contributed by atoms with Crippen molar-refractivity contribution in [1.82, 2.24) is 4.98 Å². The van der Waals surface area contributed by atoms with Gasteiger partial charge < -0.3 is 10.2 Å². The lowest BCUT2D eigenvalue weighted by molar-refractivity contribution is 0.354. The van der Waals surface area contributed by atoms with E-state index in [0.717, 1.165) is 42.5 Å². The number of aromatic nitrogens is 1. The molecule has 4 rings (SSSR count). The van der Waals surface area contributed by atoms with Gasteiger partial charge in [0, 0.05) is 36.4 Å². The highest BCUT2D eigenvalue weighted by atomic mass is 16.3. The van der Waals surface area contributed by atoms with Crippen LogP contribution in [0.1, 0.15) is 29.5 Å². The molecule has 0 unspecified atom stereocenters. The van der Waals surface area contributed by atoms with Gasteiger partial charge in [0.25, 0.3) is 0 Å². The van der Waals surface area contributed by atoms with E-state index in [-0.39, 0.29) is 5.75 Å². The molecule has 1 aliphatic rings. The second kappa shape index (κ2) is 7.10. The topological polar surface area (TPSA) is 48.1 Å². The number of hydrogen-bond donors (Lipinski definition) is 1. The van der Waals surface area contributed by atoms with Gasteiger partial charge in [0.2, 0.25) is 5.75 Å². The first-order valence-electron chi connectivity index (χ1n) is 9.66. The van der Waals surface area contributed by atoms with Gasteiger partial charge in [-0.25, -0.2) is 0 Å². The Morgan fingerprint density at radius 3 is 2.44 bits per heavy atom. The summed E-state index contributed by atoms with van der Waals surface area (Å²) < 4.78 is 0. The fourth-order valence-corrected chi connectivity index (χ4v) is 4.21. The van der Waals surface area contributed by atoms with Crippen LogP contribution in [0, 0.1) is 20.8 Å². The molecule has 0 aliphatic carbocycles. The van der Waals surface area contributed by atoms with Crippen LogP contribution in [0.4, 0.5) is 11.4 Å². The van der Waals surface area contributed by atoms with Gasteiger partial charge in [0.1, 0.15) is 0 Å². The quantitative estimate of drug-likeness (QED) is 0.682. The van der Waals surface area contributed by atoms with Gasteiger partial charge in [-0.1, -0.05) is 23.8 Å². The maximum atomic E-state index is 12.5. The van der Waals surface area contributed by atoms with Crippen LogP contribution in [0.15, 0.2) is 42.6 Å². The van der Waals surface area contributed by atoms with Crippen molar-refractivity contribution >= 4 is 22.3 Å². The molecule has 1 aromatic heterocycles. The molecular weight excluding hydrogens is 334 g/mol. The van der Waals surface area contributed by atoms with Gasteiger partial charge >= 0.3 is 0 Å². The normalized spacial score (nSPS) is 15.3. The molecule has 0 atom stereocenters. The van der Waals surface area contributed by atoms with Crippen molar-refractivity contribution in [2.45, 2.75) is 39.7 Å². The minimum Gasteiger partial charge on any atom is -0.382 e. The zero-order valence-electron chi connectivity index (χ0n) is 16.2. The maximum Gasteiger partial charge on any atom is 0.202 e. The van der Waals surface area contributed by atoms with Crippen LogP contribution in [-0.2, 0) is 5.11 Å². The molecule has 0 saturated carbocycles. The molecule has 4 nitrogen and oxygen atoms in total. The Hall–Kier alpha value is -2.75. The van der Waals surface area contributed by atoms with Crippen LogP contribution < -0.4 is 10.2 Å². The van der Waals surface area contributed by atoms with Crippen LogP contribution in [0.2, 0.25) is 0 Å². The predicted octanol–water partition coefficient (Wildman–Crippen LogP) is 5.38. The third-order valence-electron chi connectivity index (χ3n) is 5.54. The Morgan fingerprint density at radius 1 is 1.04 bits per heavy atom. The number of nitrogens with one attached hydrogen (secondary N) is 1. The molecule has 2 heterocycles. The Bertz CT molecular complexity index is 952. The lowest BCUT2D eigenvalue weighted by atomic mass is 10.00. The third-order valence-corrected chi connectivity index (χ3v) is 5.54. The van der Waals surface area contributed by atoms with E-state index in [4.69, 9.17) is 0 Å². The lowest BCUT2D eigenvalue weighted by Crippen LogP contribution is -2.39. The molecule has 1 fully saturated rings. The van der Waals surface area contributed by atoms with Crippen LogP contribution in [0.3, 0.4) is 0 Å². The molecule has 1 N–H and O–H groups in total. The van der Waals surface area contributed by atoms with Crippen molar-refractivity contribution in [3.8, 4) is 5.75 Å². The lowest BCUT2D eigenvalue weighted by Gasteiger charge is -2.35. The fraction of sp³-hybridized carbons (Fsp3) is 0.348. The number of pyridine rings is 1. The standard InChI is InChI=1S/C23H26N3O/c1-15-11-16(2)23(17(3)12-15)25-19-6-9-26(10-7-19)21-14-20-18(13-22(21)27)5-4-8-24-20/h4-5,8,11-14,19,25H,6-7,9-10H2,1-3H3. The van der Waals surface area contributed by atoms with E-state index < -0.39 is 0 Å². The van der Waals surface area contributed by atoms with Crippen LogP contribution >= 0.6 is 0 Å². The summed E-state index contributed by atoms with van der Waals surface area (Å²) in [5, 5.41) is 17.2. The number of fused-ring (bicyclic) bond motifs is 1. The number of aryl methyl sites for hydroxylation is 3. The Kier molecular flexibility index (Phi) is 4.65. The Balaban J connectivity index is 1.47. The summed E-state index contributed by atoms with van der Waals surface area (Å²) in [5.74, 6) is 0.0899. The average Bonchev–Trinajstić information content (AvgIpc) is 2.65. The second-order valence-electron chi connectivity index (χ2n) is 7.70. The molecule has 27 heavy (non-hydrogen) atoms. The van der Waals surface area contributed by atoms with Gasteiger partial charge in [-0.05, 0) is 62.9 Å². The largest absolute Gasteiger partial charge is 0.382 e. The number of rotatable bonds is 3. The molecule has 3 aromatic rings. The maximum absolute atomic E-state index is 12.5. The summed E-state index contributed by atoms with van der Waals surface area (Å²) in [6.45, 7) is 8.25. The first-order chi connectivity index (χ1) is 13.0. The summed E-state index contributed by atoms with van der Waals surface area (Å²) in [6.07, 6.45) is 3.82. The highest BCUT2D eigenvalue weighted by molar-refractivity contribution is 5.85. The van der Waals surface area contributed by atoms with Gasteiger partial charge in [-0.15, -0.1) is 0 Å².